The van der Waals surface area contributed by atoms with Gasteiger partial charge < -0.3 is 26.1 Å². The van der Waals surface area contributed by atoms with Crippen molar-refractivity contribution in [3.8, 4) is 0 Å². The molecular weight excluding hydrogens is 598 g/mol. The van der Waals surface area contributed by atoms with Crippen LogP contribution >= 0.6 is 34.9 Å². The van der Waals surface area contributed by atoms with E-state index in [1.54, 1.807) is 24.2 Å². The number of thioether (sulfide) groups is 2. The number of amides is 2. The zero-order chi connectivity index (χ0) is 29.4. The highest BCUT2D eigenvalue weighted by Crippen LogP contribution is 2.42. The van der Waals surface area contributed by atoms with Crippen molar-refractivity contribution in [1.82, 2.24) is 30.8 Å². The van der Waals surface area contributed by atoms with Crippen LogP contribution in [0.4, 0.5) is 5.13 Å². The Morgan fingerprint density at radius 1 is 1.37 bits per heavy atom. The molecule has 1 saturated heterocycles. The van der Waals surface area contributed by atoms with Crippen LogP contribution in [0.25, 0.3) is 0 Å². The second kappa shape index (κ2) is 11.4. The summed E-state index contributed by atoms with van der Waals surface area (Å²) in [5.74, 6) is -2.53. The van der Waals surface area contributed by atoms with E-state index >= 15 is 0 Å². The minimum atomic E-state index is -1.26. The fourth-order valence-electron chi connectivity index (χ4n) is 4.29. The first-order valence-corrected chi connectivity index (χ1v) is 14.7. The first kappa shape index (κ1) is 28.5. The Morgan fingerprint density at radius 3 is 2.80 bits per heavy atom. The second-order valence-electron chi connectivity index (χ2n) is 8.78. The van der Waals surface area contributed by atoms with E-state index in [2.05, 4.69) is 26.0 Å². The van der Waals surface area contributed by atoms with E-state index in [9.17, 15) is 24.3 Å². The number of carbonyl (C=O) groups excluding carboxylic acids is 2. The molecule has 41 heavy (non-hydrogen) atoms. The minimum absolute atomic E-state index is 0.130. The van der Waals surface area contributed by atoms with Crippen molar-refractivity contribution in [2.45, 2.75) is 18.3 Å². The molecule has 0 saturated carbocycles. The lowest BCUT2D eigenvalue weighted by Gasteiger charge is -2.49. The van der Waals surface area contributed by atoms with Gasteiger partial charge in [-0.3, -0.25) is 24.3 Å². The number of carbonyl (C=O) groups is 4. The summed E-state index contributed by atoms with van der Waals surface area (Å²) in [6, 6.07) is -0.976. The van der Waals surface area contributed by atoms with Gasteiger partial charge in [-0.2, -0.15) is 0 Å². The average Bonchev–Trinajstić information content (AvgIpc) is 3.52. The molecule has 2 atom stereocenters. The van der Waals surface area contributed by atoms with Crippen molar-refractivity contribution in [3.63, 3.8) is 0 Å². The number of thiazole rings is 1. The smallest absolute Gasteiger partial charge is 0.352 e. The lowest BCUT2D eigenvalue weighted by atomic mass is 10.0. The normalized spacial score (nSPS) is 21.9. The van der Waals surface area contributed by atoms with E-state index in [4.69, 9.17) is 15.7 Å². The third-order valence-electron chi connectivity index (χ3n) is 5.97. The number of nitrogens with two attached hydrogens (primary N) is 1. The van der Waals surface area contributed by atoms with E-state index in [0.717, 1.165) is 11.3 Å². The van der Waals surface area contributed by atoms with Gasteiger partial charge in [0.1, 0.15) is 36.5 Å². The third-order valence-corrected chi connectivity index (χ3v) is 9.07. The Hall–Kier alpha value is -4.07. The summed E-state index contributed by atoms with van der Waals surface area (Å²) in [6.45, 7) is 1.51. The number of nitrogens with one attached hydrogen (secondary N) is 2. The van der Waals surface area contributed by atoms with Crippen LogP contribution in [0.1, 0.15) is 12.6 Å². The number of allylic oxidation sites excluding steroid dienone is 1. The molecule has 0 bridgehead atoms. The van der Waals surface area contributed by atoms with Gasteiger partial charge in [0.2, 0.25) is 0 Å². The number of β-lactam (4-membered cyclic amide) rings is 1. The SMILES string of the molecule is CO/N=C(\C(=O)N[C@@H]1C(=O)N2C(C(=O)O)=C(CSC3=CC(C)=NC4=CN(CC(=O)O)NN43)CS[C@H]12)c1csc(N)n1. The van der Waals surface area contributed by atoms with E-state index < -0.39 is 35.2 Å². The quantitative estimate of drug-likeness (QED) is 0.130. The number of hydrazine groups is 2. The van der Waals surface area contributed by atoms with Gasteiger partial charge in [-0.25, -0.2) is 19.8 Å². The Labute approximate surface area is 244 Å². The van der Waals surface area contributed by atoms with Crippen molar-refractivity contribution in [2.75, 3.05) is 30.9 Å². The van der Waals surface area contributed by atoms with E-state index in [0.29, 0.717) is 27.9 Å². The molecule has 0 spiro atoms. The van der Waals surface area contributed by atoms with Crippen LogP contribution in [0, 0.1) is 0 Å². The predicted molar refractivity (Wildman–Crippen MR) is 151 cm³/mol. The van der Waals surface area contributed by atoms with Gasteiger partial charge >= 0.3 is 11.9 Å². The van der Waals surface area contributed by atoms with Crippen molar-refractivity contribution in [1.29, 1.82) is 0 Å². The molecule has 19 heteroatoms. The van der Waals surface area contributed by atoms with Gasteiger partial charge in [-0.1, -0.05) is 5.16 Å². The molecule has 0 aliphatic carbocycles. The minimum Gasteiger partial charge on any atom is -0.480 e. The van der Waals surface area contributed by atoms with Crippen molar-refractivity contribution in [2.24, 2.45) is 10.1 Å². The average molecular weight is 622 g/mol. The maximum Gasteiger partial charge on any atom is 0.352 e. The first-order chi connectivity index (χ1) is 19.6. The number of aromatic nitrogens is 1. The van der Waals surface area contributed by atoms with Gasteiger partial charge in [0.15, 0.2) is 16.7 Å². The van der Waals surface area contributed by atoms with Gasteiger partial charge in [-0.05, 0) is 18.6 Å². The van der Waals surface area contributed by atoms with Crippen LogP contribution in [0.15, 0.2) is 49.9 Å². The summed E-state index contributed by atoms with van der Waals surface area (Å²) < 4.78 is 0. The molecule has 4 aliphatic heterocycles. The van der Waals surface area contributed by atoms with Crippen LogP contribution in [0.2, 0.25) is 0 Å². The van der Waals surface area contributed by atoms with Crippen molar-refractivity contribution >= 4 is 75.2 Å². The van der Waals surface area contributed by atoms with Crippen LogP contribution < -0.4 is 16.6 Å². The Kier molecular flexibility index (Phi) is 7.93. The van der Waals surface area contributed by atoms with Crippen LogP contribution in [-0.2, 0) is 24.0 Å². The molecule has 6 N–H and O–H groups in total. The van der Waals surface area contributed by atoms with Crippen molar-refractivity contribution < 1.29 is 34.2 Å². The molecule has 0 radical (unpaired) electrons. The molecule has 0 aromatic carbocycles. The number of aliphatic imine (C=N–C) groups is 1. The van der Waals surface area contributed by atoms with Crippen LogP contribution in [0.3, 0.4) is 0 Å². The lowest BCUT2D eigenvalue weighted by molar-refractivity contribution is -0.150. The maximum atomic E-state index is 13.1. The van der Waals surface area contributed by atoms with Crippen LogP contribution in [-0.4, -0.2) is 102 Å². The van der Waals surface area contributed by atoms with E-state index in [1.807, 2.05) is 0 Å². The number of rotatable bonds is 10. The molecule has 1 fully saturated rings. The first-order valence-electron chi connectivity index (χ1n) is 11.8. The topological polar surface area (TPSA) is 215 Å². The van der Waals surface area contributed by atoms with Gasteiger partial charge in [0, 0.05) is 22.6 Å². The number of hydrogen-bond acceptors (Lipinski definition) is 15. The standard InChI is InChI=1S/C22H23N9O7S3/c1-9-3-13(31-12(24-9)4-29(28-31)5-14(32)33)39-6-10-7-40-20-16(19(35)30(20)17(10)21(36)37)26-18(34)15(27-38-2)11-8-41-22(23)25-11/h3-4,8,16,20,28H,5-7H2,1-2H3,(H2,23,25)(H,26,34)(H,32,33)(H,36,37)/b27-15-/t16-,20-/m1/s1. The molecule has 2 amide bonds. The number of nitrogens with zero attached hydrogens (tertiary/aromatic N) is 6. The summed E-state index contributed by atoms with van der Waals surface area (Å²) in [5, 5.41) is 30.2. The number of nitrogen functional groups attached to an aromatic ring is 1. The predicted octanol–water partition coefficient (Wildman–Crippen LogP) is -0.216. The summed E-state index contributed by atoms with van der Waals surface area (Å²) in [4.78, 5) is 63.9. The number of hydrogen-bond donors (Lipinski definition) is 5. The number of carboxylic acid groups (broad SMARTS) is 2. The summed E-state index contributed by atoms with van der Waals surface area (Å²) in [6.07, 6.45) is 3.35. The molecular formula is C22H23N9O7S3. The molecule has 4 aliphatic rings. The highest BCUT2D eigenvalue weighted by molar-refractivity contribution is 8.03. The number of anilines is 1. The summed E-state index contributed by atoms with van der Waals surface area (Å²) in [7, 11) is 1.26. The maximum absolute atomic E-state index is 13.1. The van der Waals surface area contributed by atoms with E-state index in [1.165, 1.54) is 45.9 Å². The molecule has 0 unspecified atom stereocenters. The zero-order valence-corrected chi connectivity index (χ0v) is 23.9. The Bertz CT molecular complexity index is 1480. The fraction of sp³-hybridized carbons (Fsp3) is 0.318. The van der Waals surface area contributed by atoms with Gasteiger partial charge in [0.05, 0.1) is 11.2 Å². The zero-order valence-electron chi connectivity index (χ0n) is 21.4. The molecule has 5 rings (SSSR count). The monoisotopic (exact) mass is 621 g/mol. The van der Waals surface area contributed by atoms with E-state index in [-0.39, 0.29) is 34.5 Å². The lowest BCUT2D eigenvalue weighted by Crippen LogP contribution is -2.71. The van der Waals surface area contributed by atoms with Crippen LogP contribution in [0.5, 0.6) is 0 Å². The number of carboxylic acids is 2. The van der Waals surface area contributed by atoms with Gasteiger partial charge in [0.25, 0.3) is 11.8 Å². The second-order valence-corrected chi connectivity index (χ2v) is 11.8. The third kappa shape index (κ3) is 5.60. The highest BCUT2D eigenvalue weighted by atomic mass is 32.2. The van der Waals surface area contributed by atoms with Crippen molar-refractivity contribution in [3.05, 3.63) is 45.5 Å². The Morgan fingerprint density at radius 2 is 2.15 bits per heavy atom. The number of fused-ring (bicyclic) bond motifs is 2. The molecule has 216 valence electrons. The fourth-order valence-corrected chi connectivity index (χ4v) is 7.39. The molecule has 1 aromatic rings. The largest absolute Gasteiger partial charge is 0.480 e. The molecule has 5 heterocycles. The summed E-state index contributed by atoms with van der Waals surface area (Å²) in [5.41, 5.74) is 9.69. The molecule has 16 nitrogen and oxygen atoms in total. The Balaban J connectivity index is 1.29. The highest BCUT2D eigenvalue weighted by Gasteiger charge is 2.54. The number of oxime groups is 1. The summed E-state index contributed by atoms with van der Waals surface area (Å²) >= 11 is 3.76. The molecule has 1 aromatic heterocycles. The number of aliphatic carboxylic acids is 2. The van der Waals surface area contributed by atoms with Gasteiger partial charge in [-0.15, -0.1) is 40.4 Å².